The molecule has 0 unspecified atom stereocenters. The fraction of sp³-hybridized carbons (Fsp3) is 0.818. The maximum Gasteiger partial charge on any atom is 0.309 e. The summed E-state index contributed by atoms with van der Waals surface area (Å²) in [5.41, 5.74) is 0. The first-order valence-electron chi connectivity index (χ1n) is 5.40. The van der Waals surface area contributed by atoms with E-state index in [2.05, 4.69) is 0 Å². The number of cyclic esters (lactones) is 1. The van der Waals surface area contributed by atoms with Crippen LogP contribution in [0.2, 0.25) is 0 Å². The van der Waals surface area contributed by atoms with E-state index in [-0.39, 0.29) is 36.3 Å². The maximum atomic E-state index is 11.4. The van der Waals surface area contributed by atoms with Gasteiger partial charge < -0.3 is 9.47 Å². The van der Waals surface area contributed by atoms with Gasteiger partial charge in [0.25, 0.3) is 0 Å². The molecule has 0 radical (unpaired) electrons. The van der Waals surface area contributed by atoms with Crippen LogP contribution in [0.25, 0.3) is 0 Å². The molecule has 1 saturated heterocycles. The van der Waals surface area contributed by atoms with Gasteiger partial charge in [-0.2, -0.15) is 0 Å². The third-order valence-electron chi connectivity index (χ3n) is 2.55. The standard InChI is InChI=1S/C11H18O4/c1-4-9-8(6-14-11(9)13)5-10(12)15-7(2)3/h7-9H,4-6H2,1-3H3/t8-,9+/m1/s1. The average Bonchev–Trinajstić information content (AvgIpc) is 2.45. The Balaban J connectivity index is 2.44. The lowest BCUT2D eigenvalue weighted by Crippen LogP contribution is -2.21. The van der Waals surface area contributed by atoms with E-state index in [1.54, 1.807) is 0 Å². The van der Waals surface area contributed by atoms with Crippen LogP contribution in [0, 0.1) is 11.8 Å². The third kappa shape index (κ3) is 3.22. The number of carbonyl (C=O) groups is 2. The van der Waals surface area contributed by atoms with E-state index >= 15 is 0 Å². The van der Waals surface area contributed by atoms with Crippen LogP contribution < -0.4 is 0 Å². The van der Waals surface area contributed by atoms with Crippen molar-refractivity contribution in [1.82, 2.24) is 0 Å². The Morgan fingerprint density at radius 2 is 2.27 bits per heavy atom. The van der Waals surface area contributed by atoms with Crippen LogP contribution in [0.1, 0.15) is 33.6 Å². The number of hydrogen-bond donors (Lipinski definition) is 0. The van der Waals surface area contributed by atoms with Crippen LogP contribution in [0.4, 0.5) is 0 Å². The molecule has 1 fully saturated rings. The lowest BCUT2D eigenvalue weighted by molar-refractivity contribution is -0.148. The van der Waals surface area contributed by atoms with Crippen LogP contribution in [-0.4, -0.2) is 24.6 Å². The highest BCUT2D eigenvalue weighted by Crippen LogP contribution is 2.28. The van der Waals surface area contributed by atoms with E-state index in [4.69, 9.17) is 9.47 Å². The van der Waals surface area contributed by atoms with Gasteiger partial charge in [0.1, 0.15) is 0 Å². The third-order valence-corrected chi connectivity index (χ3v) is 2.55. The summed E-state index contributed by atoms with van der Waals surface area (Å²) in [5.74, 6) is -0.565. The molecular weight excluding hydrogens is 196 g/mol. The zero-order chi connectivity index (χ0) is 11.4. The highest BCUT2D eigenvalue weighted by molar-refractivity contribution is 5.77. The van der Waals surface area contributed by atoms with E-state index in [1.165, 1.54) is 0 Å². The molecule has 86 valence electrons. The quantitative estimate of drug-likeness (QED) is 0.666. The summed E-state index contributed by atoms with van der Waals surface area (Å²) >= 11 is 0. The fourth-order valence-corrected chi connectivity index (χ4v) is 1.83. The highest BCUT2D eigenvalue weighted by Gasteiger charge is 2.36. The molecule has 0 aromatic heterocycles. The van der Waals surface area contributed by atoms with Crippen molar-refractivity contribution in [3.05, 3.63) is 0 Å². The van der Waals surface area contributed by atoms with Gasteiger partial charge in [-0.05, 0) is 20.3 Å². The lowest BCUT2D eigenvalue weighted by Gasteiger charge is -2.13. The zero-order valence-corrected chi connectivity index (χ0v) is 9.49. The maximum absolute atomic E-state index is 11.4. The highest BCUT2D eigenvalue weighted by atomic mass is 16.5. The molecular formula is C11H18O4. The summed E-state index contributed by atoms with van der Waals surface area (Å²) in [6, 6.07) is 0. The van der Waals surface area contributed by atoms with E-state index in [0.717, 1.165) is 6.42 Å². The Kier molecular flexibility index (Phi) is 4.12. The fourth-order valence-electron chi connectivity index (χ4n) is 1.83. The van der Waals surface area contributed by atoms with Gasteiger partial charge in [0.05, 0.1) is 25.0 Å². The van der Waals surface area contributed by atoms with Gasteiger partial charge in [-0.15, -0.1) is 0 Å². The van der Waals surface area contributed by atoms with Gasteiger partial charge in [-0.3, -0.25) is 9.59 Å². The Hall–Kier alpha value is -1.06. The first-order valence-corrected chi connectivity index (χ1v) is 5.40. The van der Waals surface area contributed by atoms with Crippen molar-refractivity contribution in [3.8, 4) is 0 Å². The largest absolute Gasteiger partial charge is 0.465 e. The molecule has 2 atom stereocenters. The van der Waals surface area contributed by atoms with Gasteiger partial charge in [-0.25, -0.2) is 0 Å². The predicted molar refractivity (Wildman–Crippen MR) is 54.1 cm³/mol. The summed E-state index contributed by atoms with van der Waals surface area (Å²) in [4.78, 5) is 22.6. The van der Waals surface area contributed by atoms with Crippen molar-refractivity contribution in [2.24, 2.45) is 11.8 Å². The monoisotopic (exact) mass is 214 g/mol. The average molecular weight is 214 g/mol. The van der Waals surface area contributed by atoms with Crippen LogP contribution in [0.3, 0.4) is 0 Å². The number of carbonyl (C=O) groups excluding carboxylic acids is 2. The van der Waals surface area contributed by atoms with Crippen LogP contribution in [-0.2, 0) is 19.1 Å². The molecule has 0 N–H and O–H groups in total. The molecule has 4 nitrogen and oxygen atoms in total. The molecule has 1 heterocycles. The normalized spacial score (nSPS) is 25.5. The zero-order valence-electron chi connectivity index (χ0n) is 9.49. The first kappa shape index (κ1) is 12.0. The first-order chi connectivity index (χ1) is 7.04. The molecule has 1 aliphatic heterocycles. The van der Waals surface area contributed by atoms with Gasteiger partial charge in [0.15, 0.2) is 0 Å². The van der Waals surface area contributed by atoms with Crippen molar-refractivity contribution < 1.29 is 19.1 Å². The number of rotatable bonds is 4. The summed E-state index contributed by atoms with van der Waals surface area (Å²) in [6.45, 7) is 5.90. The topological polar surface area (TPSA) is 52.6 Å². The Labute approximate surface area is 89.9 Å². The molecule has 0 aromatic carbocycles. The van der Waals surface area contributed by atoms with Gasteiger partial charge in [0.2, 0.25) is 0 Å². The minimum Gasteiger partial charge on any atom is -0.465 e. The molecule has 4 heteroatoms. The van der Waals surface area contributed by atoms with Gasteiger partial charge >= 0.3 is 11.9 Å². The SMILES string of the molecule is CC[C@@H]1C(=O)OC[C@H]1CC(=O)OC(C)C. The van der Waals surface area contributed by atoms with E-state index in [0.29, 0.717) is 6.61 Å². The van der Waals surface area contributed by atoms with Crippen molar-refractivity contribution in [1.29, 1.82) is 0 Å². The molecule has 0 spiro atoms. The smallest absolute Gasteiger partial charge is 0.309 e. The molecule has 0 aliphatic carbocycles. The predicted octanol–water partition coefficient (Wildman–Crippen LogP) is 1.53. The summed E-state index contributed by atoms with van der Waals surface area (Å²) in [5, 5.41) is 0. The van der Waals surface area contributed by atoms with Crippen molar-refractivity contribution in [2.45, 2.75) is 39.7 Å². The van der Waals surface area contributed by atoms with Gasteiger partial charge in [0, 0.05) is 5.92 Å². The second-order valence-electron chi connectivity index (χ2n) is 4.15. The van der Waals surface area contributed by atoms with Crippen molar-refractivity contribution in [3.63, 3.8) is 0 Å². The summed E-state index contributed by atoms with van der Waals surface area (Å²) in [6.07, 6.45) is 0.900. The molecule has 1 aliphatic rings. The second-order valence-corrected chi connectivity index (χ2v) is 4.15. The molecule has 1 rings (SSSR count). The minimum absolute atomic E-state index is 0.00579. The summed E-state index contributed by atoms with van der Waals surface area (Å²) in [7, 11) is 0. The van der Waals surface area contributed by atoms with E-state index in [1.807, 2.05) is 20.8 Å². The number of ether oxygens (including phenoxy) is 2. The molecule has 0 aromatic rings. The Bertz CT molecular complexity index is 247. The van der Waals surface area contributed by atoms with Crippen LogP contribution in [0.5, 0.6) is 0 Å². The Morgan fingerprint density at radius 3 is 2.80 bits per heavy atom. The van der Waals surface area contributed by atoms with Gasteiger partial charge in [-0.1, -0.05) is 6.92 Å². The summed E-state index contributed by atoms with van der Waals surface area (Å²) < 4.78 is 9.96. The van der Waals surface area contributed by atoms with Crippen LogP contribution >= 0.6 is 0 Å². The molecule has 0 saturated carbocycles. The van der Waals surface area contributed by atoms with Crippen molar-refractivity contribution >= 4 is 11.9 Å². The van der Waals surface area contributed by atoms with Crippen LogP contribution in [0.15, 0.2) is 0 Å². The lowest BCUT2D eigenvalue weighted by atomic mass is 9.90. The Morgan fingerprint density at radius 1 is 1.60 bits per heavy atom. The molecule has 0 bridgehead atoms. The minimum atomic E-state index is -0.244. The number of hydrogen-bond acceptors (Lipinski definition) is 4. The van der Waals surface area contributed by atoms with Crippen molar-refractivity contribution in [2.75, 3.05) is 6.61 Å². The molecule has 15 heavy (non-hydrogen) atoms. The molecule has 0 amide bonds. The second kappa shape index (κ2) is 5.14. The van der Waals surface area contributed by atoms with E-state index < -0.39 is 0 Å². The van der Waals surface area contributed by atoms with E-state index in [9.17, 15) is 9.59 Å². The number of esters is 2.